The van der Waals surface area contributed by atoms with Crippen molar-refractivity contribution >= 4 is 56.6 Å². The van der Waals surface area contributed by atoms with Gasteiger partial charge in [0, 0.05) is 37.8 Å². The molecule has 0 fully saturated rings. The fraction of sp³-hybridized carbons (Fsp3) is 0.148. The second-order valence-corrected chi connectivity index (χ2v) is 9.95. The molecule has 0 saturated heterocycles. The predicted molar refractivity (Wildman–Crippen MR) is 148 cm³/mol. The quantitative estimate of drug-likeness (QED) is 0.254. The number of carboxylic acids is 1. The Kier molecular flexibility index (Phi) is 9.70. The van der Waals surface area contributed by atoms with Gasteiger partial charge in [-0.2, -0.15) is 5.10 Å². The lowest BCUT2D eigenvalue weighted by atomic mass is 10.1. The first-order valence-electron chi connectivity index (χ1n) is 11.0. The van der Waals surface area contributed by atoms with Gasteiger partial charge in [-0.25, -0.2) is 0 Å². The van der Waals surface area contributed by atoms with Crippen molar-refractivity contribution in [1.82, 2.24) is 15.1 Å². The van der Waals surface area contributed by atoms with E-state index in [1.165, 1.54) is 0 Å². The van der Waals surface area contributed by atoms with E-state index in [-0.39, 0.29) is 18.9 Å². The molecule has 1 heterocycles. The number of rotatable bonds is 10. The van der Waals surface area contributed by atoms with Crippen LogP contribution in [0.2, 0.25) is 0 Å². The lowest BCUT2D eigenvalue weighted by Gasteiger charge is -2.09. The van der Waals surface area contributed by atoms with Crippen molar-refractivity contribution in [2.45, 2.75) is 19.9 Å². The number of aromatic nitrogens is 2. The highest BCUT2D eigenvalue weighted by atomic mass is 79.9. The Morgan fingerprint density at radius 1 is 1.14 bits per heavy atom. The van der Waals surface area contributed by atoms with E-state index in [1.54, 1.807) is 31.2 Å². The minimum Gasteiger partial charge on any atom is -0.481 e. The minimum atomic E-state index is -0.962. The van der Waals surface area contributed by atoms with Gasteiger partial charge in [0.1, 0.15) is 0 Å². The molecule has 0 aliphatic carbocycles. The molecule has 0 spiro atoms. The molecule has 36 heavy (non-hydrogen) atoms. The molecule has 0 aliphatic rings. The third-order valence-corrected chi connectivity index (χ3v) is 5.75. The number of hydrogen-bond acceptors (Lipinski definition) is 3. The lowest BCUT2D eigenvalue weighted by molar-refractivity contribution is -0.136. The Hall–Kier alpha value is -3.13. The van der Waals surface area contributed by atoms with Crippen LogP contribution in [0.5, 0.6) is 0 Å². The van der Waals surface area contributed by atoms with Crippen molar-refractivity contribution in [1.29, 1.82) is 0 Å². The fourth-order valence-electron chi connectivity index (χ4n) is 3.45. The monoisotopic (exact) mass is 587 g/mol. The highest BCUT2D eigenvalue weighted by Gasteiger charge is 2.14. The second kappa shape index (κ2) is 12.7. The zero-order valence-corrected chi connectivity index (χ0v) is 22.6. The number of nitrogens with one attached hydrogen (secondary N) is 1. The van der Waals surface area contributed by atoms with Crippen LogP contribution in [0.4, 0.5) is 0 Å². The van der Waals surface area contributed by atoms with Crippen LogP contribution in [-0.4, -0.2) is 33.3 Å². The topological polar surface area (TPSA) is 84.2 Å². The Bertz CT molecular complexity index is 1340. The first-order valence-corrected chi connectivity index (χ1v) is 12.5. The van der Waals surface area contributed by atoms with E-state index in [2.05, 4.69) is 27.8 Å². The van der Waals surface area contributed by atoms with Crippen LogP contribution in [0.1, 0.15) is 35.0 Å². The second-order valence-electron chi connectivity index (χ2n) is 7.96. The standard InChI is InChI=1S/C27H24BrCl2N3O3/c1-17(29)12-22(13-18(2)30)24-15-25(21-4-3-5-23(28)14-21)33(32-24)16-19-6-8-20(9-7-19)27(36)31-11-10-26(34)35/h3-9,12-15H,1,10-11,16H2,2H3,(H,31,36)(H,34,35)/b18-13+,22-12+. The van der Waals surface area contributed by atoms with Gasteiger partial charge in [0.2, 0.25) is 0 Å². The van der Waals surface area contributed by atoms with E-state index in [0.29, 0.717) is 27.9 Å². The van der Waals surface area contributed by atoms with Crippen molar-refractivity contribution in [2.75, 3.05) is 6.54 Å². The van der Waals surface area contributed by atoms with E-state index in [0.717, 1.165) is 26.9 Å². The van der Waals surface area contributed by atoms with Crippen molar-refractivity contribution in [3.63, 3.8) is 0 Å². The summed E-state index contributed by atoms with van der Waals surface area (Å²) in [6, 6.07) is 17.0. The van der Waals surface area contributed by atoms with Crippen molar-refractivity contribution in [3.8, 4) is 11.3 Å². The fourth-order valence-corrected chi connectivity index (χ4v) is 4.08. The maximum Gasteiger partial charge on any atom is 0.305 e. The molecule has 0 bridgehead atoms. The molecule has 1 amide bonds. The van der Waals surface area contributed by atoms with Crippen LogP contribution in [0, 0.1) is 0 Å². The van der Waals surface area contributed by atoms with Crippen LogP contribution in [0.15, 0.2) is 87.9 Å². The van der Waals surface area contributed by atoms with Crippen LogP contribution in [-0.2, 0) is 11.3 Å². The highest BCUT2D eigenvalue weighted by Crippen LogP contribution is 2.29. The van der Waals surface area contributed by atoms with Crippen molar-refractivity contribution in [2.24, 2.45) is 0 Å². The predicted octanol–water partition coefficient (Wildman–Crippen LogP) is 6.84. The van der Waals surface area contributed by atoms with Gasteiger partial charge in [0.25, 0.3) is 5.91 Å². The number of amides is 1. The molecular formula is C27H24BrCl2N3O3. The number of aliphatic carboxylic acids is 1. The smallest absolute Gasteiger partial charge is 0.305 e. The number of allylic oxidation sites excluding steroid dienone is 5. The first-order chi connectivity index (χ1) is 17.1. The summed E-state index contributed by atoms with van der Waals surface area (Å²) in [5.41, 5.74) is 4.64. The van der Waals surface area contributed by atoms with Gasteiger partial charge < -0.3 is 10.4 Å². The largest absolute Gasteiger partial charge is 0.481 e. The summed E-state index contributed by atoms with van der Waals surface area (Å²) >= 11 is 15.7. The number of carbonyl (C=O) groups is 2. The molecule has 2 N–H and O–H groups in total. The van der Waals surface area contributed by atoms with Gasteiger partial charge in [-0.15, -0.1) is 0 Å². The SMILES string of the molecule is C=C(Cl)/C=C(\C=C(/C)Cl)c1cc(-c2cccc(Br)c2)n(Cc2ccc(C(=O)NCCC(=O)O)cc2)n1. The summed E-state index contributed by atoms with van der Waals surface area (Å²) < 4.78 is 2.82. The number of nitrogens with zero attached hydrogens (tertiary/aromatic N) is 2. The third kappa shape index (κ3) is 7.95. The molecule has 186 valence electrons. The average Bonchev–Trinajstić information content (AvgIpc) is 3.22. The van der Waals surface area contributed by atoms with E-state index in [4.69, 9.17) is 33.4 Å². The van der Waals surface area contributed by atoms with Gasteiger partial charge in [0.05, 0.1) is 24.4 Å². The number of carboxylic acid groups (broad SMARTS) is 1. The molecule has 3 aromatic rings. The third-order valence-electron chi connectivity index (χ3n) is 5.04. The maximum atomic E-state index is 12.3. The zero-order valence-electron chi connectivity index (χ0n) is 19.5. The average molecular weight is 589 g/mol. The van der Waals surface area contributed by atoms with E-state index < -0.39 is 5.97 Å². The van der Waals surface area contributed by atoms with Crippen LogP contribution < -0.4 is 5.32 Å². The normalized spacial score (nSPS) is 11.9. The van der Waals surface area contributed by atoms with Gasteiger partial charge >= 0.3 is 5.97 Å². The Morgan fingerprint density at radius 2 is 1.86 bits per heavy atom. The number of benzene rings is 2. The Labute approximate surface area is 228 Å². The van der Waals surface area contributed by atoms with E-state index in [1.807, 2.05) is 47.1 Å². The van der Waals surface area contributed by atoms with E-state index in [9.17, 15) is 9.59 Å². The summed E-state index contributed by atoms with van der Waals surface area (Å²) in [5, 5.41) is 17.1. The lowest BCUT2D eigenvalue weighted by Crippen LogP contribution is -2.25. The summed E-state index contributed by atoms with van der Waals surface area (Å²) in [6.45, 7) is 6.05. The molecule has 2 aromatic carbocycles. The van der Waals surface area contributed by atoms with Gasteiger partial charge in [-0.3, -0.25) is 14.3 Å². The van der Waals surface area contributed by atoms with Gasteiger partial charge in [-0.1, -0.05) is 70.0 Å². The molecule has 9 heteroatoms. The van der Waals surface area contributed by atoms with Crippen molar-refractivity contribution < 1.29 is 14.7 Å². The molecule has 0 saturated carbocycles. The molecule has 0 unspecified atom stereocenters. The molecular weight excluding hydrogens is 565 g/mol. The Morgan fingerprint density at radius 3 is 2.47 bits per heavy atom. The number of hydrogen-bond donors (Lipinski definition) is 2. The molecule has 6 nitrogen and oxygen atoms in total. The minimum absolute atomic E-state index is 0.0722. The number of halogens is 3. The summed E-state index contributed by atoms with van der Waals surface area (Å²) in [7, 11) is 0. The summed E-state index contributed by atoms with van der Waals surface area (Å²) in [4.78, 5) is 22.9. The first kappa shape index (κ1) is 27.5. The van der Waals surface area contributed by atoms with Crippen LogP contribution in [0.3, 0.4) is 0 Å². The Balaban J connectivity index is 1.94. The van der Waals surface area contributed by atoms with Crippen LogP contribution in [0.25, 0.3) is 16.8 Å². The van der Waals surface area contributed by atoms with E-state index >= 15 is 0 Å². The van der Waals surface area contributed by atoms with Crippen LogP contribution >= 0.6 is 39.1 Å². The molecule has 0 aliphatic heterocycles. The van der Waals surface area contributed by atoms with Gasteiger partial charge in [-0.05, 0) is 55.0 Å². The molecule has 3 rings (SSSR count). The van der Waals surface area contributed by atoms with Crippen molar-refractivity contribution in [3.05, 3.63) is 105 Å². The number of carbonyl (C=O) groups excluding carboxylic acids is 1. The highest BCUT2D eigenvalue weighted by molar-refractivity contribution is 9.10. The zero-order chi connectivity index (χ0) is 26.2. The summed E-state index contributed by atoms with van der Waals surface area (Å²) in [6.07, 6.45) is 3.36. The summed E-state index contributed by atoms with van der Waals surface area (Å²) in [5.74, 6) is -1.28. The molecule has 1 aromatic heterocycles. The maximum absolute atomic E-state index is 12.3. The molecule has 0 atom stereocenters. The molecule has 0 radical (unpaired) electrons. The van der Waals surface area contributed by atoms with Gasteiger partial charge in [0.15, 0.2) is 0 Å².